The highest BCUT2D eigenvalue weighted by Crippen LogP contribution is 2.58. The van der Waals surface area contributed by atoms with Crippen LogP contribution in [-0.4, -0.2) is 43.0 Å². The maximum Gasteiger partial charge on any atom is 0.0936 e. The molecule has 0 aromatic heterocycles. The summed E-state index contributed by atoms with van der Waals surface area (Å²) in [5, 5.41) is 1.60. The number of likely N-dealkylation sites (tertiary alicyclic amines) is 1. The second kappa shape index (κ2) is 9.51. The minimum atomic E-state index is -1.03. The summed E-state index contributed by atoms with van der Waals surface area (Å²) in [5.41, 5.74) is 3.56. The van der Waals surface area contributed by atoms with Crippen molar-refractivity contribution in [3.63, 3.8) is 0 Å². The molecule has 156 valence electrons. The van der Waals surface area contributed by atoms with E-state index < -0.39 is 7.26 Å². The van der Waals surface area contributed by atoms with E-state index in [1.54, 1.807) is 5.30 Å². The summed E-state index contributed by atoms with van der Waals surface area (Å²) in [7, 11) is -1.03. The van der Waals surface area contributed by atoms with Crippen LogP contribution in [0.2, 0.25) is 0 Å². The Bertz CT molecular complexity index is 876. The summed E-state index contributed by atoms with van der Waals surface area (Å²) in [5.74, 6) is 3.62. The van der Waals surface area contributed by atoms with Gasteiger partial charge >= 0.3 is 0 Å². The zero-order valence-corrected chi connectivity index (χ0v) is 19.3. The molecule has 2 aliphatic rings. The normalized spacial score (nSPS) is 25.5. The Morgan fingerprint density at radius 1 is 0.967 bits per heavy atom. The largest absolute Gasteiger partial charge is 0.300 e. The van der Waals surface area contributed by atoms with Gasteiger partial charge < -0.3 is 4.90 Å². The molecule has 4 rings (SSSR count). The van der Waals surface area contributed by atoms with Crippen molar-refractivity contribution in [3.8, 4) is 12.3 Å². The average Bonchev–Trinajstić information content (AvgIpc) is 2.81. The number of terminal acetylenes is 1. The molecule has 1 nitrogen and oxygen atoms in total. The van der Waals surface area contributed by atoms with Gasteiger partial charge in [-0.05, 0) is 73.5 Å². The first kappa shape index (κ1) is 21.4. The second-order valence-corrected chi connectivity index (χ2v) is 13.6. The molecule has 2 aromatic carbocycles. The van der Waals surface area contributed by atoms with Crippen molar-refractivity contribution in [2.75, 3.05) is 32.1 Å². The lowest BCUT2D eigenvalue weighted by atomic mass is 9.92. The molecule has 2 aromatic rings. The Hall–Kier alpha value is -1.87. The van der Waals surface area contributed by atoms with Crippen LogP contribution in [0.4, 0.5) is 0 Å². The van der Waals surface area contributed by atoms with Crippen LogP contribution in [0.25, 0.3) is 5.57 Å². The molecule has 2 fully saturated rings. The lowest BCUT2D eigenvalue weighted by Gasteiger charge is -2.41. The van der Waals surface area contributed by atoms with E-state index in [4.69, 9.17) is 6.42 Å². The Labute approximate surface area is 183 Å². The zero-order chi connectivity index (χ0) is 21.0. The Kier molecular flexibility index (Phi) is 6.77. The highest BCUT2D eigenvalue weighted by molar-refractivity contribution is 7.82. The summed E-state index contributed by atoms with van der Waals surface area (Å²) in [6, 6.07) is 20.7. The van der Waals surface area contributed by atoms with Crippen molar-refractivity contribution in [1.82, 2.24) is 4.90 Å². The zero-order valence-electron chi connectivity index (χ0n) is 18.4. The molecule has 30 heavy (non-hydrogen) atoms. The number of rotatable bonds is 5. The average molecular weight is 417 g/mol. The minimum absolute atomic E-state index is 0.761. The van der Waals surface area contributed by atoms with Gasteiger partial charge in [0.1, 0.15) is 0 Å². The molecular formula is C28H35NP+. The molecule has 0 spiro atoms. The maximum atomic E-state index is 5.51. The van der Waals surface area contributed by atoms with E-state index in [2.05, 4.69) is 78.7 Å². The first-order chi connectivity index (χ1) is 14.6. The SMILES string of the molecule is C#CCC1CCN(C2CC[P+](C)(c3ccc(C(=C)c4ccccc4)cc3)CC2)CC1. The summed E-state index contributed by atoms with van der Waals surface area (Å²) in [6.07, 6.45) is 14.6. The number of hydrogen-bond donors (Lipinski definition) is 0. The van der Waals surface area contributed by atoms with Crippen molar-refractivity contribution in [3.05, 3.63) is 72.3 Å². The molecule has 0 radical (unpaired) electrons. The van der Waals surface area contributed by atoms with Gasteiger partial charge in [-0.1, -0.05) is 49.0 Å². The highest BCUT2D eigenvalue weighted by Gasteiger charge is 2.41. The summed E-state index contributed by atoms with van der Waals surface area (Å²) in [6.45, 7) is 9.40. The quantitative estimate of drug-likeness (QED) is 0.432. The van der Waals surface area contributed by atoms with Gasteiger partial charge in [-0.25, -0.2) is 0 Å². The molecule has 2 aliphatic heterocycles. The molecule has 2 heteroatoms. The summed E-state index contributed by atoms with van der Waals surface area (Å²) >= 11 is 0. The Morgan fingerprint density at radius 3 is 2.17 bits per heavy atom. The third-order valence-electron chi connectivity index (χ3n) is 7.45. The standard InChI is InChI=1S/C28H35NP/c1-4-8-24-15-19-29(20-16-24)27-17-21-30(3,22-18-27)28-13-11-26(12-14-28)23(2)25-9-6-5-7-10-25/h1,5-7,9-14,24,27H,2,8,15-22H2,3H3/q+1. The Balaban J connectivity index is 1.35. The third kappa shape index (κ3) is 4.72. The lowest BCUT2D eigenvalue weighted by molar-refractivity contribution is 0.126. The van der Waals surface area contributed by atoms with Crippen molar-refractivity contribution < 1.29 is 0 Å². The number of piperidine rings is 1. The van der Waals surface area contributed by atoms with Gasteiger partial charge in [0, 0.05) is 19.7 Å². The van der Waals surface area contributed by atoms with E-state index in [1.165, 1.54) is 62.2 Å². The van der Waals surface area contributed by atoms with Crippen LogP contribution in [0, 0.1) is 18.3 Å². The topological polar surface area (TPSA) is 3.24 Å². The molecule has 0 amide bonds. The second-order valence-electron chi connectivity index (χ2n) is 9.35. The van der Waals surface area contributed by atoms with E-state index >= 15 is 0 Å². The fourth-order valence-electron chi connectivity index (χ4n) is 5.26. The van der Waals surface area contributed by atoms with Gasteiger partial charge in [-0.2, -0.15) is 0 Å². The van der Waals surface area contributed by atoms with Gasteiger partial charge in [0.05, 0.1) is 24.3 Å². The van der Waals surface area contributed by atoms with Gasteiger partial charge in [0.25, 0.3) is 0 Å². The molecule has 0 unspecified atom stereocenters. The fraction of sp³-hybridized carbons (Fsp3) is 0.429. The van der Waals surface area contributed by atoms with E-state index in [9.17, 15) is 0 Å². The molecule has 0 bridgehead atoms. The van der Waals surface area contributed by atoms with Gasteiger partial charge in [-0.3, -0.25) is 0 Å². The van der Waals surface area contributed by atoms with E-state index in [1.807, 2.05) is 0 Å². The van der Waals surface area contributed by atoms with E-state index in [-0.39, 0.29) is 0 Å². The summed E-state index contributed by atoms with van der Waals surface area (Å²) < 4.78 is 0. The monoisotopic (exact) mass is 416 g/mol. The van der Waals surface area contributed by atoms with Crippen molar-refractivity contribution in [2.24, 2.45) is 5.92 Å². The Morgan fingerprint density at radius 2 is 1.57 bits per heavy atom. The van der Waals surface area contributed by atoms with E-state index in [0.717, 1.165) is 24.0 Å². The summed E-state index contributed by atoms with van der Waals surface area (Å²) in [4.78, 5) is 2.77. The van der Waals surface area contributed by atoms with Gasteiger partial charge in [0.2, 0.25) is 0 Å². The van der Waals surface area contributed by atoms with Crippen LogP contribution in [0.3, 0.4) is 0 Å². The molecule has 0 saturated carbocycles. The molecule has 0 atom stereocenters. The first-order valence-electron chi connectivity index (χ1n) is 11.5. The van der Waals surface area contributed by atoms with Crippen molar-refractivity contribution in [2.45, 2.75) is 38.1 Å². The van der Waals surface area contributed by atoms with E-state index in [0.29, 0.717) is 0 Å². The van der Waals surface area contributed by atoms with Crippen LogP contribution in [0.15, 0.2) is 61.2 Å². The number of hydrogen-bond acceptors (Lipinski definition) is 1. The molecule has 2 heterocycles. The first-order valence-corrected chi connectivity index (χ1v) is 14.1. The van der Waals surface area contributed by atoms with Crippen LogP contribution >= 0.6 is 7.26 Å². The van der Waals surface area contributed by atoms with Gasteiger partial charge in [0.15, 0.2) is 0 Å². The van der Waals surface area contributed by atoms with Crippen molar-refractivity contribution >= 4 is 18.1 Å². The molecule has 2 saturated heterocycles. The van der Waals surface area contributed by atoms with Crippen LogP contribution in [0.1, 0.15) is 43.2 Å². The number of nitrogens with zero attached hydrogens (tertiary/aromatic N) is 1. The molecule has 0 N–H and O–H groups in total. The minimum Gasteiger partial charge on any atom is -0.300 e. The molecule has 0 aliphatic carbocycles. The third-order valence-corrected chi connectivity index (χ3v) is 11.5. The smallest absolute Gasteiger partial charge is 0.0936 e. The van der Waals surface area contributed by atoms with Crippen molar-refractivity contribution in [1.29, 1.82) is 0 Å². The maximum absolute atomic E-state index is 5.51. The highest BCUT2D eigenvalue weighted by atomic mass is 31.2. The fourth-order valence-corrected chi connectivity index (χ4v) is 8.61. The van der Waals surface area contributed by atoms with Gasteiger partial charge in [-0.15, -0.1) is 12.3 Å². The molecular weight excluding hydrogens is 381 g/mol. The van der Waals surface area contributed by atoms with Crippen LogP contribution < -0.4 is 5.30 Å². The number of benzene rings is 2. The predicted molar refractivity (Wildman–Crippen MR) is 134 cm³/mol. The van der Waals surface area contributed by atoms with Crippen LogP contribution in [-0.2, 0) is 0 Å². The van der Waals surface area contributed by atoms with Crippen LogP contribution in [0.5, 0.6) is 0 Å². The lowest BCUT2D eigenvalue weighted by Crippen LogP contribution is -2.44. The predicted octanol–water partition coefficient (Wildman–Crippen LogP) is 5.92.